The number of urea groups is 1. The first-order chi connectivity index (χ1) is 17.1. The van der Waals surface area contributed by atoms with E-state index < -0.39 is 6.10 Å². The number of aliphatic hydroxyl groups excluding tert-OH is 1. The van der Waals surface area contributed by atoms with Gasteiger partial charge in [-0.2, -0.15) is 5.26 Å². The molecule has 1 aromatic carbocycles. The number of carbonyl (C=O) groups is 1. The van der Waals surface area contributed by atoms with Crippen LogP contribution in [0.15, 0.2) is 55.0 Å². The number of benzene rings is 1. The van der Waals surface area contributed by atoms with Gasteiger partial charge in [0.05, 0.1) is 18.3 Å². The van der Waals surface area contributed by atoms with E-state index in [4.69, 9.17) is 5.26 Å². The molecule has 0 bridgehead atoms. The third-order valence-corrected chi connectivity index (χ3v) is 6.55. The Bertz CT molecular complexity index is 1220. The molecule has 2 aliphatic heterocycles. The summed E-state index contributed by atoms with van der Waals surface area (Å²) in [7, 11) is 0. The lowest BCUT2D eigenvalue weighted by atomic mass is 10.00. The summed E-state index contributed by atoms with van der Waals surface area (Å²) in [5.41, 5.74) is 5.11. The number of hydrogen-bond donors (Lipinski definition) is 1. The normalized spacial score (nSPS) is 16.7. The largest absolute Gasteiger partial charge is 0.390 e. The van der Waals surface area contributed by atoms with E-state index in [-0.39, 0.29) is 11.9 Å². The zero-order chi connectivity index (χ0) is 24.2. The molecule has 4 heterocycles. The summed E-state index contributed by atoms with van der Waals surface area (Å²) in [5, 5.41) is 19.5. The number of fused-ring (bicyclic) bond motifs is 1. The Morgan fingerprint density at radius 1 is 0.914 bits per heavy atom. The van der Waals surface area contributed by atoms with Crippen LogP contribution in [0, 0.1) is 11.3 Å². The van der Waals surface area contributed by atoms with Crippen molar-refractivity contribution in [3.8, 4) is 17.2 Å². The maximum atomic E-state index is 12.9. The summed E-state index contributed by atoms with van der Waals surface area (Å²) < 4.78 is 0. The van der Waals surface area contributed by atoms with Gasteiger partial charge in [-0.15, -0.1) is 0 Å². The number of rotatable bonds is 7. The van der Waals surface area contributed by atoms with Crippen molar-refractivity contribution < 1.29 is 9.90 Å². The van der Waals surface area contributed by atoms with Crippen LogP contribution in [-0.2, 0) is 19.5 Å². The van der Waals surface area contributed by atoms with Crippen molar-refractivity contribution in [3.63, 3.8) is 0 Å². The zero-order valence-electron chi connectivity index (χ0n) is 19.4. The molecule has 3 aromatic rings. The van der Waals surface area contributed by atoms with E-state index in [1.54, 1.807) is 28.4 Å². The van der Waals surface area contributed by atoms with Crippen molar-refractivity contribution >= 4 is 6.03 Å². The molecule has 0 radical (unpaired) electrons. The quantitative estimate of drug-likeness (QED) is 0.564. The molecule has 0 spiro atoms. The van der Waals surface area contributed by atoms with Crippen molar-refractivity contribution in [2.75, 3.05) is 32.7 Å². The summed E-state index contributed by atoms with van der Waals surface area (Å²) >= 11 is 0. The maximum absolute atomic E-state index is 12.9. The first-order valence-electron chi connectivity index (χ1n) is 11.8. The van der Waals surface area contributed by atoms with Gasteiger partial charge in [-0.3, -0.25) is 9.88 Å². The summed E-state index contributed by atoms with van der Waals surface area (Å²) in [6.07, 6.45) is 5.31. The van der Waals surface area contributed by atoms with Crippen LogP contribution in [-0.4, -0.2) is 79.6 Å². The number of nitriles is 1. The van der Waals surface area contributed by atoms with Gasteiger partial charge < -0.3 is 14.9 Å². The van der Waals surface area contributed by atoms with Gasteiger partial charge in [-0.1, -0.05) is 30.3 Å². The van der Waals surface area contributed by atoms with E-state index in [9.17, 15) is 9.90 Å². The first kappa shape index (κ1) is 22.9. The standard InChI is InChI=1S/C26H27N7O2/c27-11-25-29-13-22(14-30-25)20-5-6-23(28-12-20)16-32-9-10-33(26(32)35)18-24(34)17-31-8-7-19-3-1-2-4-21(19)15-31/h1-6,12-14,24,34H,7-10,15-18H2/t24-/m1/s1. The second-order valence-corrected chi connectivity index (χ2v) is 9.00. The fraction of sp³-hybridized carbons (Fsp3) is 0.346. The summed E-state index contributed by atoms with van der Waals surface area (Å²) in [6, 6.07) is 14.1. The highest BCUT2D eigenvalue weighted by molar-refractivity contribution is 5.76. The molecule has 35 heavy (non-hydrogen) atoms. The Hall–Kier alpha value is -3.87. The van der Waals surface area contributed by atoms with E-state index in [1.165, 1.54) is 11.1 Å². The van der Waals surface area contributed by atoms with Gasteiger partial charge in [0.15, 0.2) is 0 Å². The van der Waals surface area contributed by atoms with Crippen molar-refractivity contribution in [1.29, 1.82) is 5.26 Å². The highest BCUT2D eigenvalue weighted by atomic mass is 16.3. The Morgan fingerprint density at radius 2 is 1.66 bits per heavy atom. The van der Waals surface area contributed by atoms with Gasteiger partial charge in [0.1, 0.15) is 6.07 Å². The Kier molecular flexibility index (Phi) is 6.66. The molecule has 5 rings (SSSR count). The van der Waals surface area contributed by atoms with Gasteiger partial charge >= 0.3 is 6.03 Å². The van der Waals surface area contributed by atoms with Crippen molar-refractivity contribution in [1.82, 2.24) is 29.7 Å². The van der Waals surface area contributed by atoms with Crippen molar-refractivity contribution in [3.05, 3.63) is 77.6 Å². The molecule has 9 heteroatoms. The first-order valence-corrected chi connectivity index (χ1v) is 11.8. The van der Waals surface area contributed by atoms with Crippen molar-refractivity contribution in [2.24, 2.45) is 0 Å². The third kappa shape index (κ3) is 5.29. The Balaban J connectivity index is 1.12. The average Bonchev–Trinajstić information content (AvgIpc) is 3.23. The minimum absolute atomic E-state index is 0.0700. The van der Waals surface area contributed by atoms with Crippen LogP contribution < -0.4 is 0 Å². The predicted octanol–water partition coefficient (Wildman–Crippen LogP) is 2.07. The lowest BCUT2D eigenvalue weighted by Gasteiger charge is -2.31. The molecule has 1 N–H and O–H groups in total. The molecule has 178 valence electrons. The fourth-order valence-electron chi connectivity index (χ4n) is 4.69. The molecule has 9 nitrogen and oxygen atoms in total. The van der Waals surface area contributed by atoms with Gasteiger partial charge in [0.25, 0.3) is 0 Å². The molecular formula is C26H27N7O2. The number of amides is 2. The molecular weight excluding hydrogens is 442 g/mol. The molecule has 2 aliphatic rings. The molecule has 2 amide bonds. The second kappa shape index (κ2) is 10.2. The highest BCUT2D eigenvalue weighted by Crippen LogP contribution is 2.20. The van der Waals surface area contributed by atoms with Crippen molar-refractivity contribution in [2.45, 2.75) is 25.6 Å². The summed E-state index contributed by atoms with van der Waals surface area (Å²) in [5.74, 6) is 0.127. The molecule has 2 aromatic heterocycles. The second-order valence-electron chi connectivity index (χ2n) is 9.00. The Morgan fingerprint density at radius 3 is 2.40 bits per heavy atom. The van der Waals surface area contributed by atoms with Crippen LogP contribution in [0.3, 0.4) is 0 Å². The maximum Gasteiger partial charge on any atom is 0.320 e. The number of carbonyl (C=O) groups excluding carboxylic acids is 1. The van der Waals surface area contributed by atoms with Crippen LogP contribution in [0.5, 0.6) is 0 Å². The Labute approximate surface area is 204 Å². The summed E-state index contributed by atoms with van der Waals surface area (Å²) in [4.78, 5) is 31.1. The van der Waals surface area contributed by atoms with E-state index in [2.05, 4.69) is 44.1 Å². The minimum Gasteiger partial charge on any atom is -0.390 e. The SMILES string of the molecule is N#Cc1ncc(-c2ccc(CN3CCN(C[C@H](O)CN4CCc5ccccc5C4)C3=O)nc2)cn1. The zero-order valence-corrected chi connectivity index (χ0v) is 19.4. The van der Waals surface area contributed by atoms with E-state index in [0.29, 0.717) is 32.7 Å². The van der Waals surface area contributed by atoms with E-state index >= 15 is 0 Å². The number of aromatic nitrogens is 3. The van der Waals surface area contributed by atoms with Crippen LogP contribution in [0.2, 0.25) is 0 Å². The molecule has 0 aliphatic carbocycles. The van der Waals surface area contributed by atoms with Crippen LogP contribution in [0.25, 0.3) is 11.1 Å². The van der Waals surface area contributed by atoms with Crippen LogP contribution >= 0.6 is 0 Å². The average molecular weight is 470 g/mol. The lowest BCUT2D eigenvalue weighted by Crippen LogP contribution is -2.43. The third-order valence-electron chi connectivity index (χ3n) is 6.55. The predicted molar refractivity (Wildman–Crippen MR) is 129 cm³/mol. The van der Waals surface area contributed by atoms with Gasteiger partial charge in [-0.05, 0) is 23.6 Å². The number of pyridine rings is 1. The van der Waals surface area contributed by atoms with Gasteiger partial charge in [-0.25, -0.2) is 14.8 Å². The molecule has 0 unspecified atom stereocenters. The number of β-amino-alcohol motifs (C(OH)–C–C–N with tert-alkyl or cyclic N) is 1. The number of nitrogens with zero attached hydrogens (tertiary/aromatic N) is 7. The molecule has 1 fully saturated rings. The lowest BCUT2D eigenvalue weighted by molar-refractivity contribution is 0.0812. The smallest absolute Gasteiger partial charge is 0.320 e. The molecule has 1 atom stereocenters. The van der Waals surface area contributed by atoms with Crippen LogP contribution in [0.4, 0.5) is 4.79 Å². The molecule has 1 saturated heterocycles. The van der Waals surface area contributed by atoms with Gasteiger partial charge in [0, 0.05) is 69.0 Å². The minimum atomic E-state index is -0.587. The number of hydrogen-bond acceptors (Lipinski definition) is 7. The van der Waals surface area contributed by atoms with Crippen LogP contribution in [0.1, 0.15) is 22.6 Å². The number of aliphatic hydroxyl groups is 1. The monoisotopic (exact) mass is 469 g/mol. The van der Waals surface area contributed by atoms with Gasteiger partial charge in [0.2, 0.25) is 5.82 Å². The van der Waals surface area contributed by atoms with E-state index in [1.807, 2.05) is 18.2 Å². The molecule has 0 saturated carbocycles. The summed E-state index contributed by atoms with van der Waals surface area (Å²) in [6.45, 7) is 4.26. The topological polar surface area (TPSA) is 109 Å². The fourth-order valence-corrected chi connectivity index (χ4v) is 4.69. The van der Waals surface area contributed by atoms with E-state index in [0.717, 1.165) is 36.3 Å². The highest BCUT2D eigenvalue weighted by Gasteiger charge is 2.30.